The number of benzene rings is 1. The number of amides is 1. The van der Waals surface area contributed by atoms with Crippen molar-refractivity contribution in [2.45, 2.75) is 19.4 Å². The van der Waals surface area contributed by atoms with Gasteiger partial charge >= 0.3 is 0 Å². The van der Waals surface area contributed by atoms with Crippen molar-refractivity contribution < 1.29 is 18.0 Å². The molecule has 21 heavy (non-hydrogen) atoms. The second-order valence-corrected chi connectivity index (χ2v) is 5.50. The molecule has 0 aromatic heterocycles. The summed E-state index contributed by atoms with van der Waals surface area (Å²) >= 11 is 0. The van der Waals surface area contributed by atoms with Gasteiger partial charge in [0.2, 0.25) is 5.91 Å². The van der Waals surface area contributed by atoms with Crippen molar-refractivity contribution >= 4 is 11.6 Å². The zero-order valence-electron chi connectivity index (χ0n) is 12.0. The third-order valence-electron chi connectivity index (χ3n) is 3.70. The van der Waals surface area contributed by atoms with Gasteiger partial charge in [-0.2, -0.15) is 0 Å². The van der Waals surface area contributed by atoms with Crippen LogP contribution >= 0.6 is 0 Å². The molecule has 0 atom stereocenters. The van der Waals surface area contributed by atoms with Gasteiger partial charge in [-0.15, -0.1) is 0 Å². The molecule has 0 bridgehead atoms. The van der Waals surface area contributed by atoms with E-state index in [-0.39, 0.29) is 0 Å². The molecule has 1 fully saturated rings. The van der Waals surface area contributed by atoms with E-state index in [1.807, 2.05) is 4.90 Å². The number of nitrogens with zero attached hydrogens (tertiary/aromatic N) is 1. The highest BCUT2D eigenvalue weighted by Crippen LogP contribution is 2.22. The fraction of sp³-hybridized carbons (Fsp3) is 0.500. The molecule has 1 aromatic rings. The molecule has 1 heterocycles. The fourth-order valence-electron chi connectivity index (χ4n) is 2.29. The van der Waals surface area contributed by atoms with Crippen molar-refractivity contribution in [1.82, 2.24) is 10.2 Å². The third-order valence-corrected chi connectivity index (χ3v) is 3.70. The first-order chi connectivity index (χ1) is 9.82. The van der Waals surface area contributed by atoms with Crippen molar-refractivity contribution in [3.05, 3.63) is 29.6 Å². The Morgan fingerprint density at radius 2 is 1.86 bits per heavy atom. The summed E-state index contributed by atoms with van der Waals surface area (Å²) in [7, 11) is 0. The summed E-state index contributed by atoms with van der Waals surface area (Å²) < 4.78 is 39.9. The first-order valence-corrected chi connectivity index (χ1v) is 6.74. The van der Waals surface area contributed by atoms with E-state index in [9.17, 15) is 18.0 Å². The number of carbonyl (C=O) groups is 1. The minimum atomic E-state index is -1.33. The molecule has 116 valence electrons. The molecule has 7 heteroatoms. The average molecular weight is 301 g/mol. The summed E-state index contributed by atoms with van der Waals surface area (Å²) in [5, 5.41) is 5.44. The van der Waals surface area contributed by atoms with Crippen LogP contribution in [0.3, 0.4) is 0 Å². The van der Waals surface area contributed by atoms with Crippen LogP contribution < -0.4 is 10.6 Å². The molecule has 0 unspecified atom stereocenters. The van der Waals surface area contributed by atoms with Crippen LogP contribution in [0.2, 0.25) is 0 Å². The van der Waals surface area contributed by atoms with Gasteiger partial charge in [0.1, 0.15) is 5.82 Å². The summed E-state index contributed by atoms with van der Waals surface area (Å²) in [4.78, 5) is 14.3. The molecule has 0 spiro atoms. The standard InChI is InChI=1S/C14H18F3N3O/c1-14(2,20-5-3-18-4-6-20)13(21)19-11-8-9(15)7-10(16)12(11)17/h7-8,18H,3-6H2,1-2H3,(H,19,21). The molecule has 1 saturated heterocycles. The Kier molecular flexibility index (Phi) is 4.53. The van der Waals surface area contributed by atoms with Crippen LogP contribution in [0.4, 0.5) is 18.9 Å². The summed E-state index contributed by atoms with van der Waals surface area (Å²) in [5.74, 6) is -4.04. The predicted octanol–water partition coefficient (Wildman–Crippen LogP) is 1.73. The van der Waals surface area contributed by atoms with Crippen LogP contribution in [-0.4, -0.2) is 42.5 Å². The molecule has 1 aliphatic heterocycles. The second kappa shape index (κ2) is 6.03. The zero-order valence-corrected chi connectivity index (χ0v) is 12.0. The van der Waals surface area contributed by atoms with Gasteiger partial charge in [-0.1, -0.05) is 0 Å². The van der Waals surface area contributed by atoms with Gasteiger partial charge < -0.3 is 10.6 Å². The number of nitrogens with one attached hydrogen (secondary N) is 2. The van der Waals surface area contributed by atoms with Crippen LogP contribution in [0, 0.1) is 17.5 Å². The van der Waals surface area contributed by atoms with Crippen LogP contribution in [-0.2, 0) is 4.79 Å². The Morgan fingerprint density at radius 3 is 2.48 bits per heavy atom. The van der Waals surface area contributed by atoms with Crippen LogP contribution in [0.25, 0.3) is 0 Å². The van der Waals surface area contributed by atoms with E-state index < -0.39 is 34.6 Å². The lowest BCUT2D eigenvalue weighted by molar-refractivity contribution is -0.126. The summed E-state index contributed by atoms with van der Waals surface area (Å²) in [6.07, 6.45) is 0. The third kappa shape index (κ3) is 3.36. The molecule has 2 rings (SSSR count). The molecule has 2 N–H and O–H groups in total. The van der Waals surface area contributed by atoms with Crippen molar-refractivity contribution in [2.24, 2.45) is 0 Å². The Labute approximate surface area is 121 Å². The number of piperazine rings is 1. The first-order valence-electron chi connectivity index (χ1n) is 6.74. The van der Waals surface area contributed by atoms with Crippen LogP contribution in [0.1, 0.15) is 13.8 Å². The largest absolute Gasteiger partial charge is 0.322 e. The number of hydrogen-bond donors (Lipinski definition) is 2. The van der Waals surface area contributed by atoms with Crippen molar-refractivity contribution in [3.8, 4) is 0 Å². The lowest BCUT2D eigenvalue weighted by Gasteiger charge is -2.39. The van der Waals surface area contributed by atoms with Gasteiger partial charge in [-0.25, -0.2) is 13.2 Å². The highest BCUT2D eigenvalue weighted by Gasteiger charge is 2.35. The van der Waals surface area contributed by atoms with Crippen molar-refractivity contribution in [3.63, 3.8) is 0 Å². The summed E-state index contributed by atoms with van der Waals surface area (Å²) in [5.41, 5.74) is -1.39. The molecule has 1 aliphatic rings. The molecule has 1 amide bonds. The molecule has 1 aromatic carbocycles. The number of hydrogen-bond acceptors (Lipinski definition) is 3. The highest BCUT2D eigenvalue weighted by molar-refractivity contribution is 5.97. The summed E-state index contributed by atoms with van der Waals surface area (Å²) in [6, 6.07) is 1.20. The Balaban J connectivity index is 2.17. The fourth-order valence-corrected chi connectivity index (χ4v) is 2.29. The molecular weight excluding hydrogens is 283 g/mol. The molecule has 0 saturated carbocycles. The van der Waals surface area contributed by atoms with E-state index in [4.69, 9.17) is 0 Å². The SMILES string of the molecule is CC(C)(C(=O)Nc1cc(F)cc(F)c1F)N1CCNCC1. The minimum Gasteiger partial charge on any atom is -0.322 e. The Morgan fingerprint density at radius 1 is 1.24 bits per heavy atom. The predicted molar refractivity (Wildman–Crippen MR) is 73.5 cm³/mol. The lowest BCUT2D eigenvalue weighted by atomic mass is 10.00. The van der Waals surface area contributed by atoms with E-state index in [1.54, 1.807) is 13.8 Å². The van der Waals surface area contributed by atoms with Gasteiger partial charge in [0.05, 0.1) is 11.2 Å². The smallest absolute Gasteiger partial charge is 0.244 e. The van der Waals surface area contributed by atoms with Crippen molar-refractivity contribution in [2.75, 3.05) is 31.5 Å². The van der Waals surface area contributed by atoms with E-state index >= 15 is 0 Å². The van der Waals surface area contributed by atoms with Gasteiger partial charge in [-0.3, -0.25) is 9.69 Å². The van der Waals surface area contributed by atoms with Crippen molar-refractivity contribution in [1.29, 1.82) is 0 Å². The van der Waals surface area contributed by atoms with Crippen LogP contribution in [0.5, 0.6) is 0 Å². The zero-order chi connectivity index (χ0) is 15.6. The first kappa shape index (κ1) is 15.8. The highest BCUT2D eigenvalue weighted by atomic mass is 19.2. The average Bonchev–Trinajstić information content (AvgIpc) is 2.45. The van der Waals surface area contributed by atoms with Gasteiger partial charge in [-0.05, 0) is 13.8 Å². The van der Waals surface area contributed by atoms with Crippen LogP contribution in [0.15, 0.2) is 12.1 Å². The second-order valence-electron chi connectivity index (χ2n) is 5.50. The molecule has 0 radical (unpaired) electrons. The monoisotopic (exact) mass is 301 g/mol. The number of halogens is 3. The molecule has 0 aliphatic carbocycles. The lowest BCUT2D eigenvalue weighted by Crippen LogP contribution is -2.58. The maximum Gasteiger partial charge on any atom is 0.244 e. The maximum absolute atomic E-state index is 13.6. The Hall–Kier alpha value is -1.60. The maximum atomic E-state index is 13.6. The van der Waals surface area contributed by atoms with Gasteiger partial charge in [0.15, 0.2) is 11.6 Å². The summed E-state index contributed by atoms with van der Waals surface area (Å²) in [6.45, 7) is 6.22. The van der Waals surface area contributed by atoms with E-state index in [0.717, 1.165) is 19.2 Å². The number of anilines is 1. The number of carbonyl (C=O) groups excluding carboxylic acids is 1. The normalized spacial score (nSPS) is 16.8. The minimum absolute atomic E-state index is 0.437. The van der Waals surface area contributed by atoms with Gasteiger partial charge in [0, 0.05) is 38.3 Å². The molecule has 4 nitrogen and oxygen atoms in total. The topological polar surface area (TPSA) is 44.4 Å². The van der Waals surface area contributed by atoms with E-state index in [0.29, 0.717) is 19.2 Å². The van der Waals surface area contributed by atoms with E-state index in [1.165, 1.54) is 0 Å². The quantitative estimate of drug-likeness (QED) is 0.836. The molecular formula is C14H18F3N3O. The van der Waals surface area contributed by atoms with Gasteiger partial charge in [0.25, 0.3) is 0 Å². The Bertz CT molecular complexity index is 543. The number of rotatable bonds is 3. The van der Waals surface area contributed by atoms with E-state index in [2.05, 4.69) is 10.6 Å².